The summed E-state index contributed by atoms with van der Waals surface area (Å²) in [5.41, 5.74) is 9.94. The molecule has 0 spiro atoms. The molecule has 0 atom stereocenters. The van der Waals surface area contributed by atoms with E-state index >= 15 is 0 Å². The number of benzene rings is 2. The second kappa shape index (κ2) is 10.1. The Morgan fingerprint density at radius 3 is 2.73 bits per heavy atom. The summed E-state index contributed by atoms with van der Waals surface area (Å²) in [6.45, 7) is 5.23. The zero-order valence-corrected chi connectivity index (χ0v) is 15.2. The van der Waals surface area contributed by atoms with E-state index < -0.39 is 0 Å². The van der Waals surface area contributed by atoms with Gasteiger partial charge in [-0.3, -0.25) is 4.79 Å². The molecule has 0 fully saturated rings. The fourth-order valence-electron chi connectivity index (χ4n) is 2.23. The second-order valence-corrected chi connectivity index (χ2v) is 5.67. The zero-order chi connectivity index (χ0) is 18.8. The highest BCUT2D eigenvalue weighted by Gasteiger charge is 2.07. The smallest absolute Gasteiger partial charge is 0.271 e. The van der Waals surface area contributed by atoms with Gasteiger partial charge in [-0.15, -0.1) is 0 Å². The molecule has 6 heteroatoms. The van der Waals surface area contributed by atoms with E-state index in [-0.39, 0.29) is 5.91 Å². The number of ether oxygens (including phenoxy) is 2. The topological polar surface area (TPSA) is 85.9 Å². The number of hydrazone groups is 1. The van der Waals surface area contributed by atoms with Crippen LogP contribution in [-0.4, -0.2) is 25.3 Å². The lowest BCUT2D eigenvalue weighted by molar-refractivity contribution is 0.0955. The number of unbranched alkanes of at least 4 members (excludes halogenated alkanes) is 1. The first-order chi connectivity index (χ1) is 12.6. The number of nitrogens with one attached hydrogen (secondary N) is 1. The molecule has 1 amide bonds. The Kier molecular flexibility index (Phi) is 7.49. The summed E-state index contributed by atoms with van der Waals surface area (Å²) in [5, 5.41) is 3.99. The minimum Gasteiger partial charge on any atom is -0.490 e. The van der Waals surface area contributed by atoms with Gasteiger partial charge in [0.15, 0.2) is 11.5 Å². The van der Waals surface area contributed by atoms with Gasteiger partial charge in [-0.1, -0.05) is 19.4 Å². The monoisotopic (exact) mass is 355 g/mol. The molecule has 2 aromatic carbocycles. The molecule has 0 radical (unpaired) electrons. The molecule has 6 nitrogen and oxygen atoms in total. The Hall–Kier alpha value is -3.02. The molecule has 0 heterocycles. The zero-order valence-electron chi connectivity index (χ0n) is 15.2. The number of anilines is 1. The molecular formula is C20H25N3O3. The molecule has 0 aliphatic heterocycles. The molecule has 26 heavy (non-hydrogen) atoms. The summed E-state index contributed by atoms with van der Waals surface area (Å²) < 4.78 is 11.4. The minimum absolute atomic E-state index is 0.321. The maximum absolute atomic E-state index is 12.0. The lowest BCUT2D eigenvalue weighted by Crippen LogP contribution is -2.17. The van der Waals surface area contributed by atoms with Crippen molar-refractivity contribution in [2.75, 3.05) is 18.9 Å². The van der Waals surface area contributed by atoms with Crippen molar-refractivity contribution in [2.24, 2.45) is 5.10 Å². The minimum atomic E-state index is -0.321. The molecule has 0 saturated carbocycles. The van der Waals surface area contributed by atoms with Gasteiger partial charge >= 0.3 is 0 Å². The summed E-state index contributed by atoms with van der Waals surface area (Å²) in [6.07, 6.45) is 3.62. The molecule has 0 unspecified atom stereocenters. The van der Waals surface area contributed by atoms with Gasteiger partial charge in [0, 0.05) is 11.3 Å². The second-order valence-electron chi connectivity index (χ2n) is 5.67. The highest BCUT2D eigenvalue weighted by molar-refractivity contribution is 5.95. The van der Waals surface area contributed by atoms with E-state index in [1.807, 2.05) is 25.1 Å². The average Bonchev–Trinajstić information content (AvgIpc) is 2.63. The van der Waals surface area contributed by atoms with Crippen molar-refractivity contribution in [3.63, 3.8) is 0 Å². The van der Waals surface area contributed by atoms with Gasteiger partial charge in [0.05, 0.1) is 19.4 Å². The largest absolute Gasteiger partial charge is 0.490 e. The van der Waals surface area contributed by atoms with Crippen molar-refractivity contribution in [1.82, 2.24) is 5.43 Å². The van der Waals surface area contributed by atoms with Crippen LogP contribution in [0.25, 0.3) is 0 Å². The Labute approximate surface area is 154 Å². The summed E-state index contributed by atoms with van der Waals surface area (Å²) in [6, 6.07) is 12.3. The van der Waals surface area contributed by atoms with E-state index in [2.05, 4.69) is 17.5 Å². The van der Waals surface area contributed by atoms with Crippen molar-refractivity contribution in [1.29, 1.82) is 0 Å². The van der Waals surface area contributed by atoms with Crippen LogP contribution in [0.2, 0.25) is 0 Å². The van der Waals surface area contributed by atoms with E-state index in [0.29, 0.717) is 36.0 Å². The summed E-state index contributed by atoms with van der Waals surface area (Å²) in [7, 11) is 0. The molecule has 2 rings (SSSR count). The molecule has 0 aliphatic rings. The Balaban J connectivity index is 2.02. The quantitative estimate of drug-likeness (QED) is 0.311. The van der Waals surface area contributed by atoms with Gasteiger partial charge < -0.3 is 15.2 Å². The predicted molar refractivity (Wildman–Crippen MR) is 104 cm³/mol. The number of hydrogen-bond acceptors (Lipinski definition) is 5. The third-order valence-corrected chi connectivity index (χ3v) is 3.55. The highest BCUT2D eigenvalue weighted by Crippen LogP contribution is 2.28. The van der Waals surface area contributed by atoms with E-state index in [9.17, 15) is 4.79 Å². The van der Waals surface area contributed by atoms with Crippen LogP contribution in [0.15, 0.2) is 47.6 Å². The summed E-state index contributed by atoms with van der Waals surface area (Å²) >= 11 is 0. The van der Waals surface area contributed by atoms with Crippen LogP contribution in [0.5, 0.6) is 11.5 Å². The molecule has 0 aliphatic carbocycles. The predicted octanol–water partition coefficient (Wildman–Crippen LogP) is 3.61. The van der Waals surface area contributed by atoms with Gasteiger partial charge in [-0.2, -0.15) is 5.10 Å². The normalized spacial score (nSPS) is 10.7. The first-order valence-electron chi connectivity index (χ1n) is 8.72. The molecular weight excluding hydrogens is 330 g/mol. The average molecular weight is 355 g/mol. The van der Waals surface area contributed by atoms with Crippen LogP contribution < -0.4 is 20.6 Å². The van der Waals surface area contributed by atoms with Crippen LogP contribution in [0.4, 0.5) is 5.69 Å². The van der Waals surface area contributed by atoms with Crippen LogP contribution in [0.3, 0.4) is 0 Å². The maximum atomic E-state index is 12.0. The number of carbonyl (C=O) groups excluding carboxylic acids is 1. The van der Waals surface area contributed by atoms with Crippen LogP contribution in [-0.2, 0) is 0 Å². The van der Waals surface area contributed by atoms with Gasteiger partial charge in [0.1, 0.15) is 0 Å². The van der Waals surface area contributed by atoms with Crippen LogP contribution in [0, 0.1) is 0 Å². The van der Waals surface area contributed by atoms with Crippen molar-refractivity contribution >= 4 is 17.8 Å². The standard InChI is InChI=1S/C20H25N3O3/c1-3-5-11-26-18-10-9-15(12-19(18)25-4-2)14-22-23-20(24)16-7-6-8-17(21)13-16/h6-10,12-14H,3-5,11,21H2,1-2H3,(H,23,24)/b22-14-. The fourth-order valence-corrected chi connectivity index (χ4v) is 2.23. The molecule has 138 valence electrons. The van der Waals surface area contributed by atoms with Crippen molar-refractivity contribution in [3.8, 4) is 11.5 Å². The number of carbonyl (C=O) groups is 1. The van der Waals surface area contributed by atoms with Crippen molar-refractivity contribution < 1.29 is 14.3 Å². The SMILES string of the molecule is CCCCOc1ccc(/C=N\NC(=O)c2cccc(N)c2)cc1OCC. The lowest BCUT2D eigenvalue weighted by atomic mass is 10.2. The number of nitrogens with zero attached hydrogens (tertiary/aromatic N) is 1. The number of nitrogen functional groups attached to an aromatic ring is 1. The lowest BCUT2D eigenvalue weighted by Gasteiger charge is -2.12. The first kappa shape index (κ1) is 19.3. The van der Waals surface area contributed by atoms with E-state index in [0.717, 1.165) is 18.4 Å². The van der Waals surface area contributed by atoms with E-state index in [1.54, 1.807) is 30.5 Å². The number of hydrogen-bond donors (Lipinski definition) is 2. The van der Waals surface area contributed by atoms with E-state index in [1.165, 1.54) is 0 Å². The van der Waals surface area contributed by atoms with Crippen LogP contribution >= 0.6 is 0 Å². The fraction of sp³-hybridized carbons (Fsp3) is 0.300. The molecule has 2 aromatic rings. The van der Waals surface area contributed by atoms with Crippen LogP contribution in [0.1, 0.15) is 42.6 Å². The van der Waals surface area contributed by atoms with Gasteiger partial charge in [-0.25, -0.2) is 5.43 Å². The highest BCUT2D eigenvalue weighted by atomic mass is 16.5. The van der Waals surface area contributed by atoms with Gasteiger partial charge in [0.25, 0.3) is 5.91 Å². The third kappa shape index (κ3) is 5.81. The molecule has 0 bridgehead atoms. The maximum Gasteiger partial charge on any atom is 0.271 e. The first-order valence-corrected chi connectivity index (χ1v) is 8.72. The molecule has 0 saturated heterocycles. The Morgan fingerprint density at radius 2 is 2.00 bits per heavy atom. The van der Waals surface area contributed by atoms with Crippen molar-refractivity contribution in [2.45, 2.75) is 26.7 Å². The summed E-state index contributed by atoms with van der Waals surface area (Å²) in [5.74, 6) is 1.05. The van der Waals surface area contributed by atoms with E-state index in [4.69, 9.17) is 15.2 Å². The Bertz CT molecular complexity index is 760. The number of rotatable bonds is 9. The number of amides is 1. The van der Waals surface area contributed by atoms with Gasteiger partial charge in [-0.05, 0) is 55.3 Å². The molecule has 0 aromatic heterocycles. The molecule has 3 N–H and O–H groups in total. The Morgan fingerprint density at radius 1 is 1.15 bits per heavy atom. The third-order valence-electron chi connectivity index (χ3n) is 3.55. The summed E-state index contributed by atoms with van der Waals surface area (Å²) in [4.78, 5) is 12.0. The van der Waals surface area contributed by atoms with Crippen molar-refractivity contribution in [3.05, 3.63) is 53.6 Å². The number of nitrogens with two attached hydrogens (primary N) is 1. The van der Waals surface area contributed by atoms with Gasteiger partial charge in [0.2, 0.25) is 0 Å².